The third-order valence-electron chi connectivity index (χ3n) is 3.41. The Morgan fingerprint density at radius 1 is 1.45 bits per heavy atom. The van der Waals surface area contributed by atoms with Crippen molar-refractivity contribution in [3.8, 4) is 0 Å². The zero-order valence-corrected chi connectivity index (χ0v) is 13.7. The zero-order valence-electron chi connectivity index (χ0n) is 12.9. The smallest absolute Gasteiger partial charge is 0.305 e. The SMILES string of the molecule is CCOC(=O)CCCN=C(N)N1CCN(c2nccs2)CC1. The van der Waals surface area contributed by atoms with Gasteiger partial charge in [-0.15, -0.1) is 11.3 Å². The molecule has 0 unspecified atom stereocenters. The van der Waals surface area contributed by atoms with E-state index in [1.54, 1.807) is 18.3 Å². The maximum Gasteiger partial charge on any atom is 0.305 e. The molecule has 0 bridgehead atoms. The molecule has 0 atom stereocenters. The minimum Gasteiger partial charge on any atom is -0.466 e. The lowest BCUT2D eigenvalue weighted by molar-refractivity contribution is -0.143. The van der Waals surface area contributed by atoms with Crippen molar-refractivity contribution in [2.75, 3.05) is 44.2 Å². The van der Waals surface area contributed by atoms with Crippen molar-refractivity contribution in [3.63, 3.8) is 0 Å². The summed E-state index contributed by atoms with van der Waals surface area (Å²) in [4.78, 5) is 24.2. The van der Waals surface area contributed by atoms with Crippen LogP contribution in [0, 0.1) is 0 Å². The van der Waals surface area contributed by atoms with Crippen LogP contribution in [0.15, 0.2) is 16.6 Å². The molecule has 0 radical (unpaired) electrons. The lowest BCUT2D eigenvalue weighted by Crippen LogP contribution is -2.51. The molecule has 22 heavy (non-hydrogen) atoms. The standard InChI is InChI=1S/C14H23N5O2S/c1-2-21-12(20)4-3-5-16-13(15)18-7-9-19(10-8-18)14-17-6-11-22-14/h6,11H,2-5,7-10H2,1H3,(H2,15,16). The van der Waals surface area contributed by atoms with Crippen LogP contribution in [0.4, 0.5) is 5.13 Å². The van der Waals surface area contributed by atoms with Gasteiger partial charge in [0.2, 0.25) is 0 Å². The molecule has 122 valence electrons. The van der Waals surface area contributed by atoms with Gasteiger partial charge in [0.15, 0.2) is 11.1 Å². The van der Waals surface area contributed by atoms with Crippen LogP contribution in [0.2, 0.25) is 0 Å². The van der Waals surface area contributed by atoms with E-state index in [0.29, 0.717) is 32.0 Å². The number of rotatable bonds is 6. The van der Waals surface area contributed by atoms with Crippen LogP contribution in [0.3, 0.4) is 0 Å². The van der Waals surface area contributed by atoms with Gasteiger partial charge < -0.3 is 20.3 Å². The first kappa shape index (κ1) is 16.5. The Hall–Kier alpha value is -1.83. The number of aliphatic imine (C=N–C) groups is 1. The lowest BCUT2D eigenvalue weighted by Gasteiger charge is -2.35. The van der Waals surface area contributed by atoms with E-state index in [2.05, 4.69) is 19.8 Å². The van der Waals surface area contributed by atoms with E-state index in [1.807, 2.05) is 11.6 Å². The number of piperazine rings is 1. The summed E-state index contributed by atoms with van der Waals surface area (Å²) >= 11 is 1.65. The van der Waals surface area contributed by atoms with Crippen LogP contribution in [0.1, 0.15) is 19.8 Å². The van der Waals surface area contributed by atoms with Crippen LogP contribution in [0.25, 0.3) is 0 Å². The van der Waals surface area contributed by atoms with E-state index >= 15 is 0 Å². The number of carbonyl (C=O) groups is 1. The van der Waals surface area contributed by atoms with Crippen LogP contribution in [-0.4, -0.2) is 61.1 Å². The van der Waals surface area contributed by atoms with Crippen molar-refractivity contribution >= 4 is 28.4 Å². The average molecular weight is 325 g/mol. The number of nitrogens with two attached hydrogens (primary N) is 1. The number of hydrogen-bond donors (Lipinski definition) is 1. The average Bonchev–Trinajstić information content (AvgIpc) is 3.06. The summed E-state index contributed by atoms with van der Waals surface area (Å²) in [6, 6.07) is 0. The molecule has 1 aromatic rings. The summed E-state index contributed by atoms with van der Waals surface area (Å²) in [6.45, 7) is 6.25. The van der Waals surface area contributed by atoms with Crippen molar-refractivity contribution in [1.82, 2.24) is 9.88 Å². The molecule has 8 heteroatoms. The van der Waals surface area contributed by atoms with Crippen LogP contribution >= 0.6 is 11.3 Å². The lowest BCUT2D eigenvalue weighted by atomic mass is 10.3. The Balaban J connectivity index is 1.69. The van der Waals surface area contributed by atoms with Crippen molar-refractivity contribution in [1.29, 1.82) is 0 Å². The van der Waals surface area contributed by atoms with E-state index in [0.717, 1.165) is 31.3 Å². The molecule has 2 N–H and O–H groups in total. The molecule has 0 aliphatic carbocycles. The molecule has 2 rings (SSSR count). The number of carbonyl (C=O) groups excluding carboxylic acids is 1. The minimum absolute atomic E-state index is 0.173. The van der Waals surface area contributed by atoms with Gasteiger partial charge in [0.1, 0.15) is 0 Å². The number of thiazole rings is 1. The topological polar surface area (TPSA) is 84.0 Å². The maximum atomic E-state index is 11.2. The minimum atomic E-state index is -0.173. The molecule has 1 aliphatic heterocycles. The molecular formula is C14H23N5O2S. The largest absolute Gasteiger partial charge is 0.466 e. The van der Waals surface area contributed by atoms with Gasteiger partial charge in [-0.25, -0.2) is 4.98 Å². The fraction of sp³-hybridized carbons (Fsp3) is 0.643. The highest BCUT2D eigenvalue weighted by Gasteiger charge is 2.19. The highest BCUT2D eigenvalue weighted by Crippen LogP contribution is 2.18. The summed E-state index contributed by atoms with van der Waals surface area (Å²) in [6.07, 6.45) is 2.88. The van der Waals surface area contributed by atoms with E-state index in [1.165, 1.54) is 0 Å². The molecule has 0 amide bonds. The summed E-state index contributed by atoms with van der Waals surface area (Å²) < 4.78 is 4.87. The van der Waals surface area contributed by atoms with Crippen molar-refractivity contribution in [2.45, 2.75) is 19.8 Å². The molecule has 0 aromatic carbocycles. The third-order valence-corrected chi connectivity index (χ3v) is 4.24. The molecule has 0 spiro atoms. The summed E-state index contributed by atoms with van der Waals surface area (Å²) in [7, 11) is 0. The van der Waals surface area contributed by atoms with Gasteiger partial charge in [-0.3, -0.25) is 9.79 Å². The van der Waals surface area contributed by atoms with Crippen molar-refractivity contribution in [3.05, 3.63) is 11.6 Å². The van der Waals surface area contributed by atoms with E-state index in [4.69, 9.17) is 10.5 Å². The molecule has 0 saturated carbocycles. The summed E-state index contributed by atoms with van der Waals surface area (Å²) in [5, 5.41) is 3.05. The second-order valence-corrected chi connectivity index (χ2v) is 5.81. The Bertz CT molecular complexity index is 483. The Kier molecular flexibility index (Phi) is 6.45. The normalized spacial score (nSPS) is 16.0. The molecular weight excluding hydrogens is 302 g/mol. The highest BCUT2D eigenvalue weighted by atomic mass is 32.1. The summed E-state index contributed by atoms with van der Waals surface area (Å²) in [5.74, 6) is 0.385. The zero-order chi connectivity index (χ0) is 15.8. The van der Waals surface area contributed by atoms with Gasteiger partial charge in [0.05, 0.1) is 6.61 Å². The van der Waals surface area contributed by atoms with E-state index in [-0.39, 0.29) is 5.97 Å². The van der Waals surface area contributed by atoms with E-state index in [9.17, 15) is 4.79 Å². The first-order chi connectivity index (χ1) is 10.7. The van der Waals surface area contributed by atoms with Gasteiger partial charge in [-0.05, 0) is 13.3 Å². The fourth-order valence-corrected chi connectivity index (χ4v) is 2.95. The van der Waals surface area contributed by atoms with Crippen molar-refractivity contribution < 1.29 is 9.53 Å². The van der Waals surface area contributed by atoms with E-state index < -0.39 is 0 Å². The molecule has 1 aliphatic rings. The van der Waals surface area contributed by atoms with Gasteiger partial charge in [0, 0.05) is 50.7 Å². The third kappa shape index (κ3) is 4.87. The second kappa shape index (κ2) is 8.57. The number of ether oxygens (including phenoxy) is 1. The quantitative estimate of drug-likeness (QED) is 0.362. The second-order valence-electron chi connectivity index (χ2n) is 4.94. The Morgan fingerprint density at radius 2 is 2.23 bits per heavy atom. The molecule has 1 fully saturated rings. The molecule has 1 saturated heterocycles. The summed E-state index contributed by atoms with van der Waals surface area (Å²) in [5.41, 5.74) is 6.02. The number of anilines is 1. The Labute approximate surface area is 134 Å². The highest BCUT2D eigenvalue weighted by molar-refractivity contribution is 7.13. The number of esters is 1. The number of hydrogen-bond acceptors (Lipinski definition) is 6. The van der Waals surface area contributed by atoms with Gasteiger partial charge >= 0.3 is 5.97 Å². The van der Waals surface area contributed by atoms with Gasteiger partial charge in [-0.1, -0.05) is 0 Å². The number of guanidine groups is 1. The molecule has 1 aromatic heterocycles. The van der Waals surface area contributed by atoms with Crippen LogP contribution < -0.4 is 10.6 Å². The predicted molar refractivity (Wildman–Crippen MR) is 88.3 cm³/mol. The first-order valence-electron chi connectivity index (χ1n) is 7.55. The van der Waals surface area contributed by atoms with Crippen molar-refractivity contribution in [2.24, 2.45) is 10.7 Å². The number of nitrogens with zero attached hydrogens (tertiary/aromatic N) is 4. The predicted octanol–water partition coefficient (Wildman–Crippen LogP) is 0.923. The fourth-order valence-electron chi connectivity index (χ4n) is 2.25. The first-order valence-corrected chi connectivity index (χ1v) is 8.43. The van der Waals surface area contributed by atoms with Gasteiger partial charge in [-0.2, -0.15) is 0 Å². The Morgan fingerprint density at radius 3 is 2.86 bits per heavy atom. The molecule has 7 nitrogen and oxygen atoms in total. The molecule has 2 heterocycles. The number of aromatic nitrogens is 1. The maximum absolute atomic E-state index is 11.2. The van der Waals surface area contributed by atoms with Crippen LogP contribution in [0.5, 0.6) is 0 Å². The van der Waals surface area contributed by atoms with Gasteiger partial charge in [0.25, 0.3) is 0 Å². The monoisotopic (exact) mass is 325 g/mol. The van der Waals surface area contributed by atoms with Crippen LogP contribution in [-0.2, 0) is 9.53 Å².